The second-order valence-corrected chi connectivity index (χ2v) is 4.90. The minimum Gasteiger partial charge on any atom is -0.495 e. The first-order chi connectivity index (χ1) is 9.24. The van der Waals surface area contributed by atoms with Crippen molar-refractivity contribution >= 4 is 29.5 Å². The average Bonchev–Trinajstić information content (AvgIpc) is 2.46. The van der Waals surface area contributed by atoms with Crippen LogP contribution in [0.5, 0.6) is 5.75 Å². The molecular weight excluding hydrogens is 260 g/mol. The molecule has 0 radical (unpaired) electrons. The molecule has 0 saturated carbocycles. The molecule has 0 saturated heterocycles. The fraction of sp³-hybridized carbons (Fsp3) is 0.286. The molecule has 5 heteroatoms. The average molecular weight is 276 g/mol. The molecule has 100 valence electrons. The number of nitrogens with one attached hydrogen (secondary N) is 1. The number of methoxy groups -OCH3 is 1. The summed E-state index contributed by atoms with van der Waals surface area (Å²) in [7, 11) is 1.67. The Morgan fingerprint density at radius 3 is 2.84 bits per heavy atom. The molecule has 0 bridgehead atoms. The maximum atomic E-state index is 11.0. The number of hydrazone groups is 1. The monoisotopic (exact) mass is 276 g/mol. The second-order valence-electron chi connectivity index (χ2n) is 4.05. The molecule has 1 heterocycles. The number of thioether (sulfide) groups is 1. The van der Waals surface area contributed by atoms with E-state index in [2.05, 4.69) is 10.5 Å². The van der Waals surface area contributed by atoms with Crippen LogP contribution >= 0.6 is 11.8 Å². The van der Waals surface area contributed by atoms with Crippen LogP contribution < -0.4 is 10.2 Å². The SMILES string of the molecule is COc1c(C=CC2=NNC(=O)CC2)cccc1SC. The van der Waals surface area contributed by atoms with Crippen LogP contribution in [0.25, 0.3) is 6.08 Å². The van der Waals surface area contributed by atoms with E-state index in [1.54, 1.807) is 18.9 Å². The van der Waals surface area contributed by atoms with Gasteiger partial charge in [0.15, 0.2) is 0 Å². The first-order valence-corrected chi connectivity index (χ1v) is 7.21. The highest BCUT2D eigenvalue weighted by atomic mass is 32.2. The number of para-hydroxylation sites is 1. The molecule has 1 amide bonds. The Hall–Kier alpha value is -1.75. The highest BCUT2D eigenvalue weighted by molar-refractivity contribution is 7.98. The van der Waals surface area contributed by atoms with E-state index < -0.39 is 0 Å². The number of hydrogen-bond acceptors (Lipinski definition) is 4. The van der Waals surface area contributed by atoms with Gasteiger partial charge in [0.25, 0.3) is 0 Å². The van der Waals surface area contributed by atoms with Gasteiger partial charge in [-0.3, -0.25) is 4.79 Å². The lowest BCUT2D eigenvalue weighted by Gasteiger charge is -2.10. The molecule has 0 aliphatic carbocycles. The van der Waals surface area contributed by atoms with Gasteiger partial charge in [-0.2, -0.15) is 5.10 Å². The predicted octanol–water partition coefficient (Wildman–Crippen LogP) is 2.70. The Balaban J connectivity index is 2.21. The van der Waals surface area contributed by atoms with Gasteiger partial charge in [0.05, 0.1) is 12.8 Å². The van der Waals surface area contributed by atoms with Gasteiger partial charge in [-0.25, -0.2) is 5.43 Å². The Kier molecular flexibility index (Phi) is 4.63. The van der Waals surface area contributed by atoms with Crippen LogP contribution in [-0.2, 0) is 4.79 Å². The number of nitrogens with zero attached hydrogens (tertiary/aromatic N) is 1. The first-order valence-electron chi connectivity index (χ1n) is 5.99. The summed E-state index contributed by atoms with van der Waals surface area (Å²) < 4.78 is 5.44. The number of ether oxygens (including phenoxy) is 1. The topological polar surface area (TPSA) is 50.7 Å². The van der Waals surface area contributed by atoms with Gasteiger partial charge in [-0.05, 0) is 24.5 Å². The number of rotatable bonds is 4. The molecule has 1 aliphatic rings. The highest BCUT2D eigenvalue weighted by Gasteiger charge is 2.10. The van der Waals surface area contributed by atoms with E-state index in [0.717, 1.165) is 21.9 Å². The Morgan fingerprint density at radius 1 is 1.37 bits per heavy atom. The van der Waals surface area contributed by atoms with Crippen molar-refractivity contribution in [2.45, 2.75) is 17.7 Å². The Bertz CT molecular complexity index is 538. The second kappa shape index (κ2) is 6.43. The fourth-order valence-electron chi connectivity index (χ4n) is 1.84. The third-order valence-electron chi connectivity index (χ3n) is 2.82. The zero-order valence-corrected chi connectivity index (χ0v) is 11.8. The number of carbonyl (C=O) groups excluding carboxylic acids is 1. The van der Waals surface area contributed by atoms with E-state index in [9.17, 15) is 4.79 Å². The Morgan fingerprint density at radius 2 is 2.21 bits per heavy atom. The van der Waals surface area contributed by atoms with Crippen molar-refractivity contribution in [3.05, 3.63) is 29.8 Å². The summed E-state index contributed by atoms with van der Waals surface area (Å²) in [6.07, 6.45) is 7.07. The fourth-order valence-corrected chi connectivity index (χ4v) is 2.44. The van der Waals surface area contributed by atoms with Gasteiger partial charge in [0.1, 0.15) is 5.75 Å². The largest absolute Gasteiger partial charge is 0.495 e. The van der Waals surface area contributed by atoms with Crippen LogP contribution in [-0.4, -0.2) is 25.0 Å². The maximum absolute atomic E-state index is 11.0. The van der Waals surface area contributed by atoms with Crippen LogP contribution in [0.1, 0.15) is 18.4 Å². The van der Waals surface area contributed by atoms with Crippen LogP contribution in [0.2, 0.25) is 0 Å². The summed E-state index contributed by atoms with van der Waals surface area (Å²) in [5, 5.41) is 4.01. The van der Waals surface area contributed by atoms with Crippen molar-refractivity contribution in [3.63, 3.8) is 0 Å². The predicted molar refractivity (Wildman–Crippen MR) is 78.6 cm³/mol. The number of carbonyl (C=O) groups is 1. The summed E-state index contributed by atoms with van der Waals surface area (Å²) in [4.78, 5) is 12.1. The minimum atomic E-state index is -0.0286. The normalized spacial score (nSPS) is 15.3. The third kappa shape index (κ3) is 3.38. The molecule has 0 spiro atoms. The quantitative estimate of drug-likeness (QED) is 0.860. The van der Waals surface area contributed by atoms with E-state index in [-0.39, 0.29) is 5.91 Å². The van der Waals surface area contributed by atoms with Gasteiger partial charge < -0.3 is 4.74 Å². The van der Waals surface area contributed by atoms with E-state index in [1.165, 1.54) is 0 Å². The maximum Gasteiger partial charge on any atom is 0.240 e. The van der Waals surface area contributed by atoms with Crippen molar-refractivity contribution in [2.24, 2.45) is 5.10 Å². The van der Waals surface area contributed by atoms with Crippen molar-refractivity contribution < 1.29 is 9.53 Å². The van der Waals surface area contributed by atoms with Gasteiger partial charge in [0, 0.05) is 23.3 Å². The summed E-state index contributed by atoms with van der Waals surface area (Å²) in [6.45, 7) is 0. The number of amides is 1. The summed E-state index contributed by atoms with van der Waals surface area (Å²) in [5.74, 6) is 0.839. The van der Waals surface area contributed by atoms with Crippen molar-refractivity contribution in [1.82, 2.24) is 5.43 Å². The highest BCUT2D eigenvalue weighted by Crippen LogP contribution is 2.31. The number of allylic oxidation sites excluding steroid dienone is 1. The minimum absolute atomic E-state index is 0.0286. The zero-order chi connectivity index (χ0) is 13.7. The van der Waals surface area contributed by atoms with E-state index >= 15 is 0 Å². The molecule has 19 heavy (non-hydrogen) atoms. The third-order valence-corrected chi connectivity index (χ3v) is 3.58. The van der Waals surface area contributed by atoms with Gasteiger partial charge in [0.2, 0.25) is 5.91 Å². The lowest BCUT2D eigenvalue weighted by atomic mass is 10.1. The smallest absolute Gasteiger partial charge is 0.240 e. The van der Waals surface area contributed by atoms with Crippen LogP contribution in [0, 0.1) is 0 Å². The summed E-state index contributed by atoms with van der Waals surface area (Å²) in [6, 6.07) is 6.02. The van der Waals surface area contributed by atoms with Crippen molar-refractivity contribution in [1.29, 1.82) is 0 Å². The number of hydrogen-bond donors (Lipinski definition) is 1. The molecule has 1 N–H and O–H groups in total. The molecule has 4 nitrogen and oxygen atoms in total. The molecule has 0 unspecified atom stereocenters. The first kappa shape index (κ1) is 13.7. The van der Waals surface area contributed by atoms with Crippen molar-refractivity contribution in [2.75, 3.05) is 13.4 Å². The van der Waals surface area contributed by atoms with E-state index in [1.807, 2.05) is 36.6 Å². The van der Waals surface area contributed by atoms with Gasteiger partial charge in [-0.1, -0.05) is 12.1 Å². The number of benzene rings is 1. The Labute approximate surface area is 116 Å². The van der Waals surface area contributed by atoms with Gasteiger partial charge in [-0.15, -0.1) is 11.8 Å². The molecule has 0 aromatic heterocycles. The lowest BCUT2D eigenvalue weighted by molar-refractivity contribution is -0.121. The van der Waals surface area contributed by atoms with Crippen molar-refractivity contribution in [3.8, 4) is 5.75 Å². The van der Waals surface area contributed by atoms with E-state index in [4.69, 9.17) is 4.74 Å². The lowest BCUT2D eigenvalue weighted by Crippen LogP contribution is -2.24. The molecule has 1 aromatic rings. The van der Waals surface area contributed by atoms with Crippen LogP contribution in [0.15, 0.2) is 34.3 Å². The summed E-state index contributed by atoms with van der Waals surface area (Å²) >= 11 is 1.65. The molecule has 2 rings (SSSR count). The zero-order valence-electron chi connectivity index (χ0n) is 11.0. The van der Waals surface area contributed by atoms with Crippen LogP contribution in [0.4, 0.5) is 0 Å². The molecule has 0 atom stereocenters. The molecule has 1 aliphatic heterocycles. The summed E-state index contributed by atoms with van der Waals surface area (Å²) in [5.41, 5.74) is 4.36. The van der Waals surface area contributed by atoms with E-state index in [0.29, 0.717) is 12.8 Å². The molecule has 0 fully saturated rings. The van der Waals surface area contributed by atoms with Crippen LogP contribution in [0.3, 0.4) is 0 Å². The molecule has 1 aromatic carbocycles. The van der Waals surface area contributed by atoms with Gasteiger partial charge >= 0.3 is 0 Å². The molecular formula is C14H16N2O2S. The standard InChI is InChI=1S/C14H16N2O2S/c1-18-14-10(4-3-5-12(14)19-2)6-7-11-8-9-13(17)16-15-11/h3-7H,8-9H2,1-2H3,(H,16,17).